The zero-order valence-electron chi connectivity index (χ0n) is 37.8. The summed E-state index contributed by atoms with van der Waals surface area (Å²) in [4.78, 5) is 65.0. The second-order valence-corrected chi connectivity index (χ2v) is 18.8. The molecule has 1 unspecified atom stereocenters. The lowest BCUT2D eigenvalue weighted by Gasteiger charge is -2.30. The summed E-state index contributed by atoms with van der Waals surface area (Å²) in [6.45, 7) is 11.9. The highest BCUT2D eigenvalue weighted by Gasteiger charge is 2.45. The third-order valence-electron chi connectivity index (χ3n) is 12.8. The molecule has 1 fully saturated rings. The molecule has 4 N–H and O–H groups in total. The lowest BCUT2D eigenvalue weighted by molar-refractivity contribution is -0.136. The van der Waals surface area contributed by atoms with Crippen molar-refractivity contribution in [1.29, 1.82) is 0 Å². The fraction of sp³-hybridized carbons (Fsp3) is 0.449. The van der Waals surface area contributed by atoms with Crippen molar-refractivity contribution in [3.05, 3.63) is 100 Å². The number of nitrogens with zero attached hydrogens (tertiary/aromatic N) is 5. The number of ether oxygens (including phenoxy) is 1. The lowest BCUT2D eigenvalue weighted by Crippen LogP contribution is -2.54. The quantitative estimate of drug-likeness (QED) is 0.0552. The molecule has 65 heavy (non-hydrogen) atoms. The van der Waals surface area contributed by atoms with Gasteiger partial charge in [-0.1, -0.05) is 49.4 Å². The Kier molecular flexibility index (Phi) is 13.0. The number of aryl methyl sites for hydroxylation is 3. The minimum atomic E-state index is -1.02. The average Bonchev–Trinajstić information content (AvgIpc) is 3.89. The summed E-state index contributed by atoms with van der Waals surface area (Å²) in [5, 5.41) is 21.4. The molecule has 0 radical (unpaired) electrons. The monoisotopic (exact) mass is 887 g/mol. The fourth-order valence-electron chi connectivity index (χ4n) is 9.17. The van der Waals surface area contributed by atoms with Crippen LogP contribution in [0.5, 0.6) is 0 Å². The first kappa shape index (κ1) is 45.3. The SMILES string of the molecule is CNCc1ccc(-c2c3c4c(cc(F)cc4n2CCCCc2cn(CCC(C)(C)OCCC(C)(C)CNc4cccc5c4C(=O)N(C4CCC(=O)NC4=O)C5=O)nn2)C(=O)NCC3)cc1. The van der Waals surface area contributed by atoms with E-state index in [-0.39, 0.29) is 35.3 Å². The minimum absolute atomic E-state index is 0.0621. The number of anilines is 1. The van der Waals surface area contributed by atoms with Gasteiger partial charge in [0.05, 0.1) is 39.2 Å². The Bertz CT molecular complexity index is 2650. The van der Waals surface area contributed by atoms with Crippen molar-refractivity contribution in [2.75, 3.05) is 32.1 Å². The Labute approximate surface area is 377 Å². The van der Waals surface area contributed by atoms with E-state index >= 15 is 4.39 Å². The standard InChI is InChI=1S/C49H58FN9O6/c1-48(2,29-53-37-11-8-10-35-42(37)47(64)59(46(35)63)38-16-17-40(60)54-45(38)62)20-24-65-49(3,4)19-23-57-28-33(55-56-57)9-6-7-22-58-39-26-32(50)25-36-41(39)34(18-21-52-44(36)61)43(58)31-14-12-30(13-15-31)27-51-5/h8,10-15,25-26,28,38,51,53H,6-7,9,16-24,27,29H2,1-5H3,(H,52,61)(H,54,60,62). The van der Waals surface area contributed by atoms with Gasteiger partial charge in [-0.3, -0.25) is 38.9 Å². The molecule has 0 spiro atoms. The van der Waals surface area contributed by atoms with Crippen molar-refractivity contribution < 1.29 is 33.1 Å². The number of piperidine rings is 1. The molecule has 0 aliphatic carbocycles. The van der Waals surface area contributed by atoms with Gasteiger partial charge in [0.1, 0.15) is 11.9 Å². The van der Waals surface area contributed by atoms with E-state index in [1.54, 1.807) is 24.3 Å². The maximum atomic E-state index is 15.1. The lowest BCUT2D eigenvalue weighted by atomic mass is 9.89. The van der Waals surface area contributed by atoms with E-state index in [9.17, 15) is 24.0 Å². The molecule has 3 aliphatic heterocycles. The van der Waals surface area contributed by atoms with Gasteiger partial charge in [-0.25, -0.2) is 4.39 Å². The first-order chi connectivity index (χ1) is 31.1. The number of amides is 5. The minimum Gasteiger partial charge on any atom is -0.384 e. The highest BCUT2D eigenvalue weighted by molar-refractivity contribution is 6.25. The first-order valence-corrected chi connectivity index (χ1v) is 22.6. The van der Waals surface area contributed by atoms with Crippen LogP contribution in [0.2, 0.25) is 0 Å². The van der Waals surface area contributed by atoms with Crippen LogP contribution in [-0.2, 0) is 46.8 Å². The van der Waals surface area contributed by atoms with Gasteiger partial charge in [0.25, 0.3) is 17.7 Å². The zero-order chi connectivity index (χ0) is 46.0. The molecule has 1 saturated heterocycles. The molecule has 3 aliphatic rings. The number of nitrogens with one attached hydrogen (secondary N) is 4. The summed E-state index contributed by atoms with van der Waals surface area (Å²) >= 11 is 0. The maximum absolute atomic E-state index is 15.1. The van der Waals surface area contributed by atoms with Crippen molar-refractivity contribution in [2.24, 2.45) is 5.41 Å². The van der Waals surface area contributed by atoms with Crippen molar-refractivity contribution >= 4 is 46.1 Å². The van der Waals surface area contributed by atoms with Crippen LogP contribution in [0.1, 0.15) is 114 Å². The highest BCUT2D eigenvalue weighted by Crippen LogP contribution is 2.39. The summed E-state index contributed by atoms with van der Waals surface area (Å²) < 4.78 is 25.5. The average molecular weight is 888 g/mol. The molecule has 3 aromatic carbocycles. The summed E-state index contributed by atoms with van der Waals surface area (Å²) in [6, 6.07) is 15.4. The Balaban J connectivity index is 0.822. The number of hydrogen-bond acceptors (Lipinski definition) is 10. The fourth-order valence-corrected chi connectivity index (χ4v) is 9.17. The van der Waals surface area contributed by atoms with Gasteiger partial charge in [0.15, 0.2) is 0 Å². The Hall–Kier alpha value is -6.26. The van der Waals surface area contributed by atoms with E-state index in [1.807, 2.05) is 17.9 Å². The van der Waals surface area contributed by atoms with Gasteiger partial charge >= 0.3 is 0 Å². The van der Waals surface area contributed by atoms with Crippen LogP contribution in [0.3, 0.4) is 0 Å². The predicted octanol–water partition coefficient (Wildman–Crippen LogP) is 6.18. The second kappa shape index (κ2) is 18.7. The summed E-state index contributed by atoms with van der Waals surface area (Å²) in [6.07, 6.45) is 6.64. The molecule has 16 heteroatoms. The van der Waals surface area contributed by atoms with Crippen molar-refractivity contribution in [1.82, 2.24) is 40.4 Å². The van der Waals surface area contributed by atoms with Crippen LogP contribution in [0.25, 0.3) is 22.2 Å². The largest absolute Gasteiger partial charge is 0.384 e. The predicted molar refractivity (Wildman–Crippen MR) is 244 cm³/mol. The molecular weight excluding hydrogens is 830 g/mol. The van der Waals surface area contributed by atoms with Gasteiger partial charge in [-0.15, -0.1) is 5.10 Å². The van der Waals surface area contributed by atoms with E-state index < -0.39 is 41.1 Å². The Morgan fingerprint density at radius 2 is 1.72 bits per heavy atom. The number of hydrogen-bond donors (Lipinski definition) is 4. The van der Waals surface area contributed by atoms with Crippen molar-refractivity contribution in [3.8, 4) is 11.3 Å². The molecule has 5 heterocycles. The molecule has 15 nitrogen and oxygen atoms in total. The molecular formula is C49H58FN9O6. The summed E-state index contributed by atoms with van der Waals surface area (Å²) in [7, 11) is 1.92. The number of carbonyl (C=O) groups is 5. The topological polar surface area (TPSA) is 182 Å². The van der Waals surface area contributed by atoms with Crippen LogP contribution in [0.15, 0.2) is 60.8 Å². The van der Waals surface area contributed by atoms with Gasteiger partial charge in [-0.05, 0) is 112 Å². The first-order valence-electron chi connectivity index (χ1n) is 22.6. The van der Waals surface area contributed by atoms with Gasteiger partial charge in [0.2, 0.25) is 11.8 Å². The second-order valence-electron chi connectivity index (χ2n) is 18.8. The summed E-state index contributed by atoms with van der Waals surface area (Å²) in [5.41, 5.74) is 6.65. The van der Waals surface area contributed by atoms with Crippen LogP contribution >= 0.6 is 0 Å². The van der Waals surface area contributed by atoms with Crippen molar-refractivity contribution in [3.63, 3.8) is 0 Å². The van der Waals surface area contributed by atoms with Crippen molar-refractivity contribution in [2.45, 2.75) is 110 Å². The highest BCUT2D eigenvalue weighted by atomic mass is 19.1. The molecule has 0 bridgehead atoms. The third-order valence-corrected chi connectivity index (χ3v) is 12.8. The Morgan fingerprint density at radius 3 is 2.49 bits per heavy atom. The van der Waals surface area contributed by atoms with E-state index in [4.69, 9.17) is 4.74 Å². The van der Waals surface area contributed by atoms with Gasteiger partial charge in [0, 0.05) is 63.0 Å². The smallest absolute Gasteiger partial charge is 0.264 e. The van der Waals surface area contributed by atoms with Crippen LogP contribution in [0.4, 0.5) is 10.1 Å². The number of imide groups is 2. The van der Waals surface area contributed by atoms with Gasteiger partial charge < -0.3 is 25.3 Å². The number of unbranched alkanes of at least 4 members (excludes halogenated alkanes) is 1. The number of rotatable bonds is 19. The molecule has 2 aromatic heterocycles. The van der Waals surface area contributed by atoms with Crippen LogP contribution < -0.4 is 21.3 Å². The molecule has 1 atom stereocenters. The van der Waals surface area contributed by atoms with E-state index in [2.05, 4.69) is 88.1 Å². The summed E-state index contributed by atoms with van der Waals surface area (Å²) in [5.74, 6) is -2.80. The third kappa shape index (κ3) is 9.74. The van der Waals surface area contributed by atoms with Crippen LogP contribution in [-0.4, -0.2) is 92.4 Å². The maximum Gasteiger partial charge on any atom is 0.264 e. The molecule has 342 valence electrons. The van der Waals surface area contributed by atoms with E-state index in [0.717, 1.165) is 70.5 Å². The van der Waals surface area contributed by atoms with Gasteiger partial charge in [-0.2, -0.15) is 0 Å². The van der Waals surface area contributed by atoms with Crippen LogP contribution in [0, 0.1) is 11.2 Å². The normalized spacial score (nSPS) is 16.6. The number of carbonyl (C=O) groups excluding carboxylic acids is 5. The molecule has 8 rings (SSSR count). The molecule has 0 saturated carbocycles. The van der Waals surface area contributed by atoms with E-state index in [0.29, 0.717) is 56.9 Å². The number of benzene rings is 3. The molecule has 5 amide bonds. The number of aromatic nitrogens is 4. The molecule has 5 aromatic rings. The van der Waals surface area contributed by atoms with E-state index in [1.165, 1.54) is 11.6 Å². The Morgan fingerprint density at radius 1 is 0.923 bits per heavy atom. The zero-order valence-corrected chi connectivity index (χ0v) is 37.8. The number of fused-ring (bicyclic) bond motifs is 1. The number of halogens is 1.